The number of aromatic nitrogens is 1. The van der Waals surface area contributed by atoms with Gasteiger partial charge in [0.2, 0.25) is 0 Å². The van der Waals surface area contributed by atoms with Crippen molar-refractivity contribution in [1.29, 1.82) is 0 Å². The molecular weight excluding hydrogens is 484 g/mol. The highest BCUT2D eigenvalue weighted by molar-refractivity contribution is 6.19. The highest BCUT2D eigenvalue weighted by atomic mass is 15.0. The lowest BCUT2D eigenvalue weighted by molar-refractivity contribution is 1.18. The maximum Gasteiger partial charge on any atom is 0.0619 e. The van der Waals surface area contributed by atoms with Crippen LogP contribution in [0.2, 0.25) is 0 Å². The zero-order valence-electron chi connectivity index (χ0n) is 22.5. The lowest BCUT2D eigenvalue weighted by Gasteiger charge is -2.12. The number of hydrogen-bond donors (Lipinski definition) is 1. The van der Waals surface area contributed by atoms with Gasteiger partial charge in [0.15, 0.2) is 0 Å². The highest BCUT2D eigenvalue weighted by Gasteiger charge is 2.16. The Morgan fingerprint density at radius 3 is 2.12 bits per heavy atom. The first kappa shape index (κ1) is 24.0. The second-order valence-corrected chi connectivity index (χ2v) is 10.3. The third-order valence-electron chi connectivity index (χ3n) is 7.89. The minimum absolute atomic E-state index is 0.969. The fraction of sp³-hybridized carbons (Fsp3) is 0.0526. The van der Waals surface area contributed by atoms with Crippen LogP contribution in [0.1, 0.15) is 18.9 Å². The molecule has 0 fully saturated rings. The Bertz CT molecular complexity index is 2090. The zero-order valence-corrected chi connectivity index (χ0v) is 22.5. The van der Waals surface area contributed by atoms with Gasteiger partial charge in [0.1, 0.15) is 0 Å². The van der Waals surface area contributed by atoms with Crippen molar-refractivity contribution in [3.05, 3.63) is 145 Å². The van der Waals surface area contributed by atoms with Gasteiger partial charge in [0, 0.05) is 28.0 Å². The summed E-state index contributed by atoms with van der Waals surface area (Å²) in [5, 5.41) is 7.47. The summed E-state index contributed by atoms with van der Waals surface area (Å²) in [7, 11) is 0. The second kappa shape index (κ2) is 9.91. The minimum Gasteiger partial charge on any atom is -0.404 e. The van der Waals surface area contributed by atoms with Gasteiger partial charge in [0.25, 0.3) is 0 Å². The highest BCUT2D eigenvalue weighted by Crippen LogP contribution is 2.39. The average Bonchev–Trinajstić information content (AvgIpc) is 3.35. The van der Waals surface area contributed by atoms with Crippen LogP contribution in [-0.4, -0.2) is 4.57 Å². The van der Waals surface area contributed by atoms with Crippen molar-refractivity contribution in [2.75, 3.05) is 0 Å². The maximum absolute atomic E-state index is 6.06. The largest absolute Gasteiger partial charge is 0.404 e. The van der Waals surface area contributed by atoms with E-state index in [9.17, 15) is 0 Å². The number of benzene rings is 6. The quantitative estimate of drug-likeness (QED) is 0.228. The van der Waals surface area contributed by atoms with Crippen LogP contribution < -0.4 is 5.73 Å². The molecule has 0 atom stereocenters. The number of fused-ring (bicyclic) bond motifs is 6. The van der Waals surface area contributed by atoms with E-state index in [-0.39, 0.29) is 0 Å². The molecule has 0 aliphatic carbocycles. The Balaban J connectivity index is 1.48. The number of nitrogens with two attached hydrogens (primary N) is 1. The van der Waals surface area contributed by atoms with Gasteiger partial charge < -0.3 is 10.3 Å². The van der Waals surface area contributed by atoms with Crippen molar-refractivity contribution in [2.24, 2.45) is 5.73 Å². The molecule has 0 saturated carbocycles. The molecule has 0 aliphatic heterocycles. The topological polar surface area (TPSA) is 30.9 Å². The fourth-order valence-electron chi connectivity index (χ4n) is 5.90. The smallest absolute Gasteiger partial charge is 0.0619 e. The van der Waals surface area contributed by atoms with Crippen LogP contribution in [0.4, 0.5) is 0 Å². The SMILES string of the molecule is CC/C=C\C(=C/N)c1ccc2c3ccc4cc(-c5ccc6ccccc6c5)ccc4c3n(-c3ccccc3)c2c1. The lowest BCUT2D eigenvalue weighted by atomic mass is 9.97. The molecule has 2 nitrogen and oxygen atoms in total. The summed E-state index contributed by atoms with van der Waals surface area (Å²) in [5.74, 6) is 0. The second-order valence-electron chi connectivity index (χ2n) is 10.3. The first-order chi connectivity index (χ1) is 19.7. The van der Waals surface area contributed by atoms with Crippen LogP contribution in [0.25, 0.3) is 65.7 Å². The van der Waals surface area contributed by atoms with Gasteiger partial charge in [-0.1, -0.05) is 110 Å². The third-order valence-corrected chi connectivity index (χ3v) is 7.89. The van der Waals surface area contributed by atoms with Crippen molar-refractivity contribution >= 4 is 48.9 Å². The lowest BCUT2D eigenvalue weighted by Crippen LogP contribution is -1.95. The molecule has 0 unspecified atom stereocenters. The van der Waals surface area contributed by atoms with Crippen LogP contribution in [-0.2, 0) is 0 Å². The molecule has 0 radical (unpaired) electrons. The van der Waals surface area contributed by atoms with Crippen LogP contribution in [0, 0.1) is 0 Å². The zero-order chi connectivity index (χ0) is 27.1. The van der Waals surface area contributed by atoms with Crippen molar-refractivity contribution in [2.45, 2.75) is 13.3 Å². The molecule has 1 heterocycles. The molecule has 7 rings (SSSR count). The minimum atomic E-state index is 0.969. The predicted octanol–water partition coefficient (Wildman–Crippen LogP) is 10.0. The van der Waals surface area contributed by atoms with Gasteiger partial charge in [0.05, 0.1) is 11.0 Å². The normalized spacial score (nSPS) is 12.4. The Kier molecular flexibility index (Phi) is 5.94. The van der Waals surface area contributed by atoms with Gasteiger partial charge in [-0.3, -0.25) is 0 Å². The molecule has 7 aromatic rings. The van der Waals surface area contributed by atoms with Crippen LogP contribution in [0.3, 0.4) is 0 Å². The van der Waals surface area contributed by atoms with Gasteiger partial charge in [-0.2, -0.15) is 0 Å². The molecule has 40 heavy (non-hydrogen) atoms. The number of para-hydroxylation sites is 1. The maximum atomic E-state index is 6.06. The summed E-state index contributed by atoms with van der Waals surface area (Å²) in [4.78, 5) is 0. The fourth-order valence-corrected chi connectivity index (χ4v) is 5.90. The van der Waals surface area contributed by atoms with E-state index in [0.717, 1.165) is 23.2 Å². The molecule has 0 aliphatic rings. The van der Waals surface area contributed by atoms with Crippen LogP contribution in [0.5, 0.6) is 0 Å². The molecule has 0 saturated heterocycles. The Labute approximate surface area is 234 Å². The number of nitrogens with zero attached hydrogens (tertiary/aromatic N) is 1. The molecule has 2 N–H and O–H groups in total. The van der Waals surface area contributed by atoms with E-state index >= 15 is 0 Å². The number of rotatable bonds is 5. The van der Waals surface area contributed by atoms with Gasteiger partial charge >= 0.3 is 0 Å². The molecule has 0 spiro atoms. The molecule has 0 bridgehead atoms. The molecule has 1 aromatic heterocycles. The summed E-state index contributed by atoms with van der Waals surface area (Å²) in [6.45, 7) is 2.14. The standard InChI is InChI=1S/C38H30N2/c1-2-3-9-32(25-39)30-17-20-35-36-21-18-31-23-29(28-15-14-26-10-7-8-11-27(26)22-28)16-19-34(31)38(36)40(37(35)24-30)33-12-5-4-6-13-33/h3-25H,2,39H2,1H3/b9-3-,32-25+. The average molecular weight is 515 g/mol. The van der Waals surface area contributed by atoms with Gasteiger partial charge in [-0.25, -0.2) is 0 Å². The van der Waals surface area contributed by atoms with Gasteiger partial charge in [-0.05, 0) is 75.2 Å². The summed E-state index contributed by atoms with van der Waals surface area (Å²) in [6, 6.07) is 44.0. The summed E-state index contributed by atoms with van der Waals surface area (Å²) in [6.07, 6.45) is 6.93. The van der Waals surface area contributed by atoms with E-state index in [1.165, 1.54) is 54.5 Å². The van der Waals surface area contributed by atoms with Crippen molar-refractivity contribution < 1.29 is 0 Å². The molecular formula is C38H30N2. The van der Waals surface area contributed by atoms with Crippen LogP contribution >= 0.6 is 0 Å². The first-order valence-electron chi connectivity index (χ1n) is 13.9. The van der Waals surface area contributed by atoms with E-state index in [1.807, 2.05) is 0 Å². The number of hydrogen-bond acceptors (Lipinski definition) is 1. The Morgan fingerprint density at radius 2 is 1.32 bits per heavy atom. The van der Waals surface area contributed by atoms with Crippen molar-refractivity contribution in [3.63, 3.8) is 0 Å². The predicted molar refractivity (Wildman–Crippen MR) is 173 cm³/mol. The Morgan fingerprint density at radius 1 is 0.650 bits per heavy atom. The molecule has 0 amide bonds. The third kappa shape index (κ3) is 3.97. The van der Waals surface area contributed by atoms with E-state index in [1.54, 1.807) is 6.20 Å². The molecule has 192 valence electrons. The van der Waals surface area contributed by atoms with E-state index in [4.69, 9.17) is 5.73 Å². The monoisotopic (exact) mass is 514 g/mol. The summed E-state index contributed by atoms with van der Waals surface area (Å²) >= 11 is 0. The Hall–Kier alpha value is -5.08. The van der Waals surface area contributed by atoms with E-state index in [2.05, 4.69) is 145 Å². The first-order valence-corrected chi connectivity index (χ1v) is 13.9. The molecule has 6 aromatic carbocycles. The number of allylic oxidation sites excluding steroid dienone is 3. The van der Waals surface area contributed by atoms with Crippen molar-refractivity contribution in [1.82, 2.24) is 4.57 Å². The van der Waals surface area contributed by atoms with Gasteiger partial charge in [-0.15, -0.1) is 0 Å². The van der Waals surface area contributed by atoms with Crippen molar-refractivity contribution in [3.8, 4) is 16.8 Å². The van der Waals surface area contributed by atoms with Crippen LogP contribution in [0.15, 0.2) is 140 Å². The molecule has 2 heteroatoms. The summed E-state index contributed by atoms with van der Waals surface area (Å²) in [5.41, 5.74) is 14.2. The summed E-state index contributed by atoms with van der Waals surface area (Å²) < 4.78 is 2.41. The van der Waals surface area contributed by atoms with E-state index in [0.29, 0.717) is 0 Å². The van der Waals surface area contributed by atoms with E-state index < -0.39 is 0 Å².